The molecule has 6 nitrogen and oxygen atoms in total. The quantitative estimate of drug-likeness (QED) is 0.135. The van der Waals surface area contributed by atoms with Crippen LogP contribution in [0.1, 0.15) is 27.8 Å². The molecule has 0 aliphatic carbocycles. The van der Waals surface area contributed by atoms with Gasteiger partial charge in [0.25, 0.3) is 0 Å². The molecule has 0 radical (unpaired) electrons. The summed E-state index contributed by atoms with van der Waals surface area (Å²) in [7, 11) is 0. The number of halogens is 12. The van der Waals surface area contributed by atoms with Crippen molar-refractivity contribution < 1.29 is 52.7 Å². The first-order valence-corrected chi connectivity index (χ1v) is 25.8. The van der Waals surface area contributed by atoms with E-state index in [9.17, 15) is 57.9 Å². The Bertz CT molecular complexity index is 4130. The second-order valence-electron chi connectivity index (χ2n) is 19.8. The predicted molar refractivity (Wildman–Crippen MR) is 300 cm³/mol. The molecular weight excluding hydrogens is 1120 g/mol. The van der Waals surface area contributed by atoms with Gasteiger partial charge in [-0.1, -0.05) is 146 Å². The van der Waals surface area contributed by atoms with Crippen molar-refractivity contribution in [3.63, 3.8) is 0 Å². The molecule has 0 aliphatic heterocycles. The molecule has 85 heavy (non-hydrogen) atoms. The minimum Gasteiger partial charge on any atom is -0.308 e. The molecule has 0 atom stereocenters. The maximum atomic E-state index is 14.6. The fraction of sp³-hybridized carbons (Fsp3) is 0.0597. The minimum atomic E-state index is -5.24. The first kappa shape index (κ1) is 55.1. The lowest BCUT2D eigenvalue weighted by Crippen LogP contribution is -2.11. The summed E-state index contributed by atoms with van der Waals surface area (Å²) in [5.74, 6) is 0.404. The van der Waals surface area contributed by atoms with Gasteiger partial charge in [-0.2, -0.15) is 57.9 Å². The van der Waals surface area contributed by atoms with E-state index in [1.54, 1.807) is 114 Å². The zero-order valence-corrected chi connectivity index (χ0v) is 43.5. The molecule has 0 saturated heterocycles. The number of fused-ring (bicyclic) bond motifs is 3. The Labute approximate surface area is 475 Å². The van der Waals surface area contributed by atoms with Crippen LogP contribution in [0, 0.1) is 11.3 Å². The summed E-state index contributed by atoms with van der Waals surface area (Å²) < 4.78 is 176. The highest BCUT2D eigenvalue weighted by Crippen LogP contribution is 2.47. The zero-order valence-electron chi connectivity index (χ0n) is 43.5. The summed E-state index contributed by atoms with van der Waals surface area (Å²) >= 11 is 0. The van der Waals surface area contributed by atoms with E-state index in [2.05, 4.69) is 6.07 Å². The van der Waals surface area contributed by atoms with E-state index in [1.165, 1.54) is 48.5 Å². The third-order valence-corrected chi connectivity index (χ3v) is 14.3. The van der Waals surface area contributed by atoms with Gasteiger partial charge >= 0.3 is 24.7 Å². The Balaban J connectivity index is 1.27. The molecule has 0 aliphatic rings. The monoisotopic (exact) mass is 1150 g/mol. The summed E-state index contributed by atoms with van der Waals surface area (Å²) in [4.78, 5) is 20.2. The summed E-state index contributed by atoms with van der Waals surface area (Å²) in [5.41, 5.74) is -3.67. The Morgan fingerprint density at radius 3 is 0.941 bits per heavy atom. The third kappa shape index (κ3) is 11.0. The molecule has 0 amide bonds. The van der Waals surface area contributed by atoms with E-state index >= 15 is 0 Å². The van der Waals surface area contributed by atoms with Crippen molar-refractivity contribution >= 4 is 21.8 Å². The standard InChI is InChI=1S/C67H36F12N6/c68-64(69,70)47-27-45(28-48(33-47)65(71,72)73)43-21-23-51-52-24-22-44(46-29-49(66(74,75)76)34-50(30-46)67(77,78)79)32-60(52)85(59(51)31-43)61-53(57-35-55(39-13-5-1-6-14-39)81-62(83-57)41-17-9-3-10-18-41)25-38(37-80)26-54(61)58-36-56(40-15-7-2-8-16-40)82-63(84-58)42-19-11-4-12-20-42/h1-36H. The lowest BCUT2D eigenvalue weighted by Gasteiger charge is -2.21. The van der Waals surface area contributed by atoms with Crippen molar-refractivity contribution in [2.75, 3.05) is 0 Å². The van der Waals surface area contributed by atoms with Gasteiger partial charge in [0.05, 0.1) is 73.4 Å². The number of nitriles is 1. The van der Waals surface area contributed by atoms with Crippen molar-refractivity contribution in [1.82, 2.24) is 24.5 Å². The minimum absolute atomic E-state index is 0.00191. The van der Waals surface area contributed by atoms with Crippen molar-refractivity contribution in [1.29, 1.82) is 5.26 Å². The van der Waals surface area contributed by atoms with Crippen LogP contribution < -0.4 is 0 Å². The third-order valence-electron chi connectivity index (χ3n) is 14.3. The van der Waals surface area contributed by atoms with Crippen LogP contribution in [0.2, 0.25) is 0 Å². The summed E-state index contributed by atoms with van der Waals surface area (Å²) in [6, 6.07) is 54.8. The number of hydrogen-bond acceptors (Lipinski definition) is 5. The molecule has 9 aromatic carbocycles. The Hall–Kier alpha value is -10.4. The highest BCUT2D eigenvalue weighted by atomic mass is 19.4. The van der Waals surface area contributed by atoms with Gasteiger partial charge in [0, 0.05) is 44.2 Å². The normalized spacial score (nSPS) is 12.2. The topological polar surface area (TPSA) is 80.3 Å². The molecular formula is C67H36F12N6. The van der Waals surface area contributed by atoms with E-state index in [1.807, 2.05) is 24.3 Å². The van der Waals surface area contributed by atoms with Crippen molar-refractivity contribution in [3.8, 4) is 102 Å². The van der Waals surface area contributed by atoms with Gasteiger partial charge in [0.1, 0.15) is 0 Å². The van der Waals surface area contributed by atoms with E-state index in [4.69, 9.17) is 19.9 Å². The van der Waals surface area contributed by atoms with Crippen molar-refractivity contribution in [3.05, 3.63) is 246 Å². The van der Waals surface area contributed by atoms with Crippen molar-refractivity contribution in [2.24, 2.45) is 0 Å². The molecule has 418 valence electrons. The second-order valence-corrected chi connectivity index (χ2v) is 19.8. The van der Waals surface area contributed by atoms with Gasteiger partial charge in [-0.15, -0.1) is 0 Å². The number of alkyl halides is 12. The molecule has 12 aromatic rings. The van der Waals surface area contributed by atoms with Gasteiger partial charge in [0.2, 0.25) is 0 Å². The average molecular weight is 1150 g/mol. The Kier molecular flexibility index (Phi) is 13.7. The van der Waals surface area contributed by atoms with Crippen LogP contribution in [0.5, 0.6) is 0 Å². The highest BCUT2D eigenvalue weighted by Gasteiger charge is 2.39. The lowest BCUT2D eigenvalue weighted by molar-refractivity contribution is -0.144. The van der Waals surface area contributed by atoms with Crippen LogP contribution in [0.3, 0.4) is 0 Å². The van der Waals surface area contributed by atoms with Crippen LogP contribution in [0.25, 0.3) is 118 Å². The Morgan fingerprint density at radius 1 is 0.306 bits per heavy atom. The second kappa shape index (κ2) is 21.1. The molecule has 0 saturated carbocycles. The molecule has 0 unspecified atom stereocenters. The molecule has 0 fully saturated rings. The van der Waals surface area contributed by atoms with Gasteiger partial charge in [-0.05, 0) is 95.1 Å². The fourth-order valence-corrected chi connectivity index (χ4v) is 10.3. The van der Waals surface area contributed by atoms with Gasteiger partial charge in [-0.25, -0.2) is 19.9 Å². The van der Waals surface area contributed by atoms with Crippen LogP contribution in [0.4, 0.5) is 52.7 Å². The van der Waals surface area contributed by atoms with E-state index in [0.717, 1.165) is 0 Å². The maximum Gasteiger partial charge on any atom is 0.416 e. The zero-order chi connectivity index (χ0) is 59.6. The average Bonchev–Trinajstić information content (AvgIpc) is 1.71. The molecule has 0 spiro atoms. The number of aromatic nitrogens is 5. The summed E-state index contributed by atoms with van der Waals surface area (Å²) in [6.07, 6.45) is -21.0. The molecule has 0 bridgehead atoms. The van der Waals surface area contributed by atoms with Crippen LogP contribution in [0.15, 0.2) is 218 Å². The van der Waals surface area contributed by atoms with Crippen molar-refractivity contribution in [2.45, 2.75) is 24.7 Å². The SMILES string of the molecule is N#Cc1cc(-c2cc(-c3ccccc3)nc(-c3ccccc3)n2)c(-n2c3cc(-c4cc(C(F)(F)F)cc(C(F)(F)F)c4)ccc3c3ccc(-c4cc(C(F)(F)F)cc(C(F)(F)F)c4)cc32)c(-c2cc(-c3ccccc3)nc(-c3ccccc3)n2)c1. The lowest BCUT2D eigenvalue weighted by atomic mass is 9.95. The molecule has 18 heteroatoms. The van der Waals surface area contributed by atoms with Crippen LogP contribution in [-0.2, 0) is 24.7 Å². The largest absolute Gasteiger partial charge is 0.416 e. The van der Waals surface area contributed by atoms with E-state index < -0.39 is 58.1 Å². The number of hydrogen-bond donors (Lipinski definition) is 0. The molecule has 0 N–H and O–H groups in total. The smallest absolute Gasteiger partial charge is 0.308 e. The van der Waals surface area contributed by atoms with Crippen LogP contribution >= 0.6 is 0 Å². The van der Waals surface area contributed by atoms with E-state index in [-0.39, 0.29) is 90.5 Å². The summed E-state index contributed by atoms with van der Waals surface area (Å²) in [6.45, 7) is 0. The molecule has 3 aromatic heterocycles. The van der Waals surface area contributed by atoms with Gasteiger partial charge < -0.3 is 4.57 Å². The molecule has 3 heterocycles. The first-order chi connectivity index (χ1) is 40.6. The van der Waals surface area contributed by atoms with E-state index in [0.29, 0.717) is 57.9 Å². The fourth-order valence-electron chi connectivity index (χ4n) is 10.3. The highest BCUT2D eigenvalue weighted by molar-refractivity contribution is 6.12. The van der Waals surface area contributed by atoms with Crippen LogP contribution in [-0.4, -0.2) is 24.5 Å². The number of rotatable bonds is 9. The van der Waals surface area contributed by atoms with Gasteiger partial charge in [-0.3, -0.25) is 0 Å². The van der Waals surface area contributed by atoms with Gasteiger partial charge in [0.15, 0.2) is 11.6 Å². The Morgan fingerprint density at radius 2 is 0.624 bits per heavy atom. The first-order valence-electron chi connectivity index (χ1n) is 25.8. The number of benzene rings is 9. The number of nitrogens with zero attached hydrogens (tertiary/aromatic N) is 6. The summed E-state index contributed by atoms with van der Waals surface area (Å²) in [5, 5.41) is 11.6. The predicted octanol–water partition coefficient (Wildman–Crippen LogP) is 19.6. The maximum absolute atomic E-state index is 14.6. The molecule has 12 rings (SSSR count).